The number of carbonyl (C=O) groups excluding carboxylic acids is 2. The number of esters is 1. The van der Waals surface area contributed by atoms with Gasteiger partial charge in [0.05, 0.1) is 0 Å². The van der Waals surface area contributed by atoms with Crippen molar-refractivity contribution in [3.05, 3.63) is 52.9 Å². The molecule has 1 amide bonds. The van der Waals surface area contributed by atoms with Gasteiger partial charge in [-0.3, -0.25) is 9.59 Å². The van der Waals surface area contributed by atoms with E-state index in [1.807, 2.05) is 13.8 Å². The SMILES string of the molecule is Cc1ccc(NC(=O)C(C)OC(=O)CCc2c(C)nc3ncnn3c2C)cc1F. The number of halogens is 1. The number of carbonyl (C=O) groups is 2. The fourth-order valence-corrected chi connectivity index (χ4v) is 2.97. The first-order valence-electron chi connectivity index (χ1n) is 9.18. The van der Waals surface area contributed by atoms with Gasteiger partial charge in [0.15, 0.2) is 6.10 Å². The second-order valence-corrected chi connectivity index (χ2v) is 6.82. The van der Waals surface area contributed by atoms with E-state index in [0.29, 0.717) is 23.4 Å². The quantitative estimate of drug-likeness (QED) is 0.640. The molecule has 152 valence electrons. The zero-order valence-corrected chi connectivity index (χ0v) is 16.7. The van der Waals surface area contributed by atoms with Crippen LogP contribution in [-0.2, 0) is 20.7 Å². The van der Waals surface area contributed by atoms with Gasteiger partial charge in [-0.15, -0.1) is 0 Å². The van der Waals surface area contributed by atoms with Gasteiger partial charge in [-0.25, -0.2) is 13.9 Å². The summed E-state index contributed by atoms with van der Waals surface area (Å²) < 4.78 is 20.4. The van der Waals surface area contributed by atoms with Crippen LogP contribution in [0.25, 0.3) is 5.78 Å². The normalized spacial score (nSPS) is 12.0. The van der Waals surface area contributed by atoms with Crippen LogP contribution in [0.1, 0.15) is 35.9 Å². The first-order chi connectivity index (χ1) is 13.8. The average Bonchev–Trinajstić information content (AvgIpc) is 3.13. The van der Waals surface area contributed by atoms with Gasteiger partial charge in [0.1, 0.15) is 12.1 Å². The summed E-state index contributed by atoms with van der Waals surface area (Å²) in [5, 5.41) is 6.66. The van der Waals surface area contributed by atoms with Crippen LogP contribution in [0, 0.1) is 26.6 Å². The lowest BCUT2D eigenvalue weighted by Gasteiger charge is -2.14. The first-order valence-corrected chi connectivity index (χ1v) is 9.18. The molecule has 0 saturated heterocycles. The van der Waals surface area contributed by atoms with Crippen LogP contribution in [0.5, 0.6) is 0 Å². The van der Waals surface area contributed by atoms with E-state index < -0.39 is 23.8 Å². The number of aromatic nitrogens is 4. The molecular formula is C20H22FN5O3. The predicted octanol–water partition coefficient (Wildman–Crippen LogP) is 2.69. The van der Waals surface area contributed by atoms with Crippen LogP contribution in [0.4, 0.5) is 10.1 Å². The minimum Gasteiger partial charge on any atom is -0.453 e. The predicted molar refractivity (Wildman–Crippen MR) is 104 cm³/mol. The average molecular weight is 399 g/mol. The van der Waals surface area contributed by atoms with Gasteiger partial charge in [-0.05, 0) is 57.4 Å². The lowest BCUT2D eigenvalue weighted by atomic mass is 10.1. The van der Waals surface area contributed by atoms with Gasteiger partial charge in [0.25, 0.3) is 11.7 Å². The largest absolute Gasteiger partial charge is 0.453 e. The highest BCUT2D eigenvalue weighted by atomic mass is 19.1. The summed E-state index contributed by atoms with van der Waals surface area (Å²) in [5.74, 6) is -0.958. The van der Waals surface area contributed by atoms with Crippen molar-refractivity contribution in [3.8, 4) is 0 Å². The smallest absolute Gasteiger partial charge is 0.306 e. The fraction of sp³-hybridized carbons (Fsp3) is 0.350. The molecule has 2 heterocycles. The molecule has 0 fully saturated rings. The topological polar surface area (TPSA) is 98.5 Å². The Balaban J connectivity index is 1.57. The lowest BCUT2D eigenvalue weighted by molar-refractivity contribution is -0.153. The molecule has 0 aliphatic heterocycles. The number of hydrogen-bond acceptors (Lipinski definition) is 6. The molecule has 8 nitrogen and oxygen atoms in total. The van der Waals surface area contributed by atoms with Crippen molar-refractivity contribution < 1.29 is 18.7 Å². The molecule has 1 unspecified atom stereocenters. The van der Waals surface area contributed by atoms with Crippen LogP contribution in [0.2, 0.25) is 0 Å². The summed E-state index contributed by atoms with van der Waals surface area (Å²) in [5.41, 5.74) is 3.28. The lowest BCUT2D eigenvalue weighted by Crippen LogP contribution is -2.30. The number of hydrogen-bond donors (Lipinski definition) is 1. The number of nitrogens with zero attached hydrogens (tertiary/aromatic N) is 4. The molecule has 29 heavy (non-hydrogen) atoms. The standard InChI is InChI=1S/C20H22FN5O3/c1-11-5-6-15(9-17(11)21)25-19(28)14(4)29-18(27)8-7-16-12(2)24-20-22-10-23-26(20)13(16)3/h5-6,9-10,14H,7-8H2,1-4H3,(H,25,28). The molecule has 0 bridgehead atoms. The number of nitrogens with one attached hydrogen (secondary N) is 1. The molecular weight excluding hydrogens is 377 g/mol. The summed E-state index contributed by atoms with van der Waals surface area (Å²) in [4.78, 5) is 32.8. The minimum absolute atomic E-state index is 0.0837. The Kier molecular flexibility index (Phi) is 5.86. The molecule has 0 aliphatic carbocycles. The summed E-state index contributed by atoms with van der Waals surface area (Å²) in [6.45, 7) is 6.83. The van der Waals surface area contributed by atoms with Crippen molar-refractivity contribution in [1.82, 2.24) is 19.6 Å². The van der Waals surface area contributed by atoms with Crippen LogP contribution in [-0.4, -0.2) is 37.6 Å². The number of ether oxygens (including phenoxy) is 1. The molecule has 1 N–H and O–H groups in total. The number of amides is 1. The van der Waals surface area contributed by atoms with E-state index in [9.17, 15) is 14.0 Å². The third-order valence-corrected chi connectivity index (χ3v) is 4.68. The van der Waals surface area contributed by atoms with E-state index in [-0.39, 0.29) is 6.42 Å². The van der Waals surface area contributed by atoms with Crippen molar-refractivity contribution in [2.75, 3.05) is 5.32 Å². The highest BCUT2D eigenvalue weighted by Gasteiger charge is 2.19. The minimum atomic E-state index is -1.01. The zero-order valence-electron chi connectivity index (χ0n) is 16.7. The van der Waals surface area contributed by atoms with Gasteiger partial charge >= 0.3 is 5.97 Å². The second kappa shape index (κ2) is 8.34. The number of aryl methyl sites for hydroxylation is 3. The monoisotopic (exact) mass is 399 g/mol. The van der Waals surface area contributed by atoms with E-state index in [1.54, 1.807) is 23.6 Å². The second-order valence-electron chi connectivity index (χ2n) is 6.82. The number of benzene rings is 1. The Bertz CT molecular complexity index is 1080. The molecule has 0 radical (unpaired) electrons. The van der Waals surface area contributed by atoms with E-state index in [1.165, 1.54) is 19.3 Å². The molecule has 1 aromatic carbocycles. The zero-order chi connectivity index (χ0) is 21.1. The van der Waals surface area contributed by atoms with E-state index in [2.05, 4.69) is 20.4 Å². The maximum Gasteiger partial charge on any atom is 0.306 e. The Hall–Kier alpha value is -3.36. The number of anilines is 1. The summed E-state index contributed by atoms with van der Waals surface area (Å²) in [7, 11) is 0. The maximum absolute atomic E-state index is 13.6. The third kappa shape index (κ3) is 4.56. The molecule has 3 rings (SSSR count). The summed E-state index contributed by atoms with van der Waals surface area (Å²) >= 11 is 0. The Labute approximate surface area is 167 Å². The molecule has 1 atom stereocenters. The van der Waals surface area contributed by atoms with Gasteiger partial charge in [-0.2, -0.15) is 10.1 Å². The van der Waals surface area contributed by atoms with Crippen molar-refractivity contribution in [2.45, 2.75) is 46.6 Å². The van der Waals surface area contributed by atoms with Gasteiger partial charge in [0.2, 0.25) is 0 Å². The van der Waals surface area contributed by atoms with Gasteiger partial charge in [-0.1, -0.05) is 6.07 Å². The molecule has 0 spiro atoms. The maximum atomic E-state index is 13.6. The molecule has 0 aliphatic rings. The highest BCUT2D eigenvalue weighted by molar-refractivity contribution is 5.95. The number of fused-ring (bicyclic) bond motifs is 1. The van der Waals surface area contributed by atoms with Gasteiger partial charge < -0.3 is 10.1 Å². The van der Waals surface area contributed by atoms with Crippen molar-refractivity contribution >= 4 is 23.3 Å². The van der Waals surface area contributed by atoms with Crippen molar-refractivity contribution in [3.63, 3.8) is 0 Å². The van der Waals surface area contributed by atoms with E-state index in [0.717, 1.165) is 17.0 Å². The van der Waals surface area contributed by atoms with Gasteiger partial charge in [0, 0.05) is 23.5 Å². The fourth-order valence-electron chi connectivity index (χ4n) is 2.97. The Morgan fingerprint density at radius 2 is 2.03 bits per heavy atom. The molecule has 0 saturated carbocycles. The van der Waals surface area contributed by atoms with Crippen LogP contribution < -0.4 is 5.32 Å². The molecule has 2 aromatic heterocycles. The van der Waals surface area contributed by atoms with Crippen LogP contribution in [0.3, 0.4) is 0 Å². The molecule has 3 aromatic rings. The van der Waals surface area contributed by atoms with Crippen LogP contribution >= 0.6 is 0 Å². The third-order valence-electron chi connectivity index (χ3n) is 4.68. The first kappa shape index (κ1) is 20.4. The van der Waals surface area contributed by atoms with E-state index >= 15 is 0 Å². The summed E-state index contributed by atoms with van der Waals surface area (Å²) in [6, 6.07) is 4.37. The Morgan fingerprint density at radius 1 is 1.28 bits per heavy atom. The van der Waals surface area contributed by atoms with E-state index in [4.69, 9.17) is 4.74 Å². The number of rotatable bonds is 6. The molecule has 9 heteroatoms. The van der Waals surface area contributed by atoms with Crippen molar-refractivity contribution in [1.29, 1.82) is 0 Å². The summed E-state index contributed by atoms with van der Waals surface area (Å²) in [6.07, 6.45) is 0.898. The highest BCUT2D eigenvalue weighted by Crippen LogP contribution is 2.16. The van der Waals surface area contributed by atoms with Crippen LogP contribution in [0.15, 0.2) is 24.5 Å². The Morgan fingerprint density at radius 3 is 2.76 bits per heavy atom. The van der Waals surface area contributed by atoms with Crippen molar-refractivity contribution in [2.24, 2.45) is 0 Å².